The van der Waals surface area contributed by atoms with Crippen LogP contribution in [0.3, 0.4) is 0 Å². The molecule has 0 aliphatic carbocycles. The van der Waals surface area contributed by atoms with Crippen LogP contribution in [-0.2, 0) is 9.59 Å². The van der Waals surface area contributed by atoms with Gasteiger partial charge in [-0.25, -0.2) is 14.9 Å². The molecule has 0 saturated carbocycles. The standard InChI is InChI=1S/C25H20N4O3S/c1-32-18-13-11-17(12-14-18)26-21(30)15-33-25-27-20-10-6-5-9-19(20)23-28-22(24(31)29(23)25)16-7-3-2-4-8-16/h2-14,22H,15H2,1H3,(H,26,30)/t22-/m0/s1. The maximum absolute atomic E-state index is 13.4. The van der Waals surface area contributed by atoms with Crippen molar-refractivity contribution in [1.29, 1.82) is 0 Å². The highest BCUT2D eigenvalue weighted by molar-refractivity contribution is 8.14. The number of para-hydroxylation sites is 1. The number of nitrogens with one attached hydrogen (secondary N) is 1. The van der Waals surface area contributed by atoms with E-state index >= 15 is 0 Å². The van der Waals surface area contributed by atoms with Crippen LogP contribution in [0, 0.1) is 0 Å². The van der Waals surface area contributed by atoms with Gasteiger partial charge in [0, 0.05) is 11.3 Å². The fourth-order valence-electron chi connectivity index (χ4n) is 3.70. The third-order valence-electron chi connectivity index (χ3n) is 5.29. The van der Waals surface area contributed by atoms with Gasteiger partial charge in [0.1, 0.15) is 11.6 Å². The molecule has 33 heavy (non-hydrogen) atoms. The lowest BCUT2D eigenvalue weighted by Gasteiger charge is -2.25. The van der Waals surface area contributed by atoms with Gasteiger partial charge in [0.05, 0.1) is 18.6 Å². The number of amides is 2. The molecule has 7 nitrogen and oxygen atoms in total. The number of rotatable bonds is 5. The molecule has 0 fully saturated rings. The Bertz CT molecular complexity index is 1270. The molecular formula is C25H20N4O3S. The molecule has 3 aromatic carbocycles. The fourth-order valence-corrected chi connectivity index (χ4v) is 4.50. The second-order valence-electron chi connectivity index (χ2n) is 7.42. The van der Waals surface area contributed by atoms with Crippen molar-refractivity contribution in [3.05, 3.63) is 90.0 Å². The lowest BCUT2D eigenvalue weighted by atomic mass is 10.1. The summed E-state index contributed by atoms with van der Waals surface area (Å²) in [4.78, 5) is 36.9. The highest BCUT2D eigenvalue weighted by atomic mass is 32.2. The van der Waals surface area contributed by atoms with Gasteiger partial charge in [-0.3, -0.25) is 9.59 Å². The number of ether oxygens (including phenoxy) is 1. The number of fused-ring (bicyclic) bond motifs is 3. The predicted molar refractivity (Wildman–Crippen MR) is 130 cm³/mol. The first-order valence-electron chi connectivity index (χ1n) is 10.4. The highest BCUT2D eigenvalue weighted by Crippen LogP contribution is 2.37. The third-order valence-corrected chi connectivity index (χ3v) is 6.23. The SMILES string of the molecule is COc1ccc(NC(=O)CSC2=Nc3ccccc3C3=N[C@@H](c4ccccc4)C(=O)N23)cc1. The summed E-state index contributed by atoms with van der Waals surface area (Å²) in [5, 5.41) is 3.30. The lowest BCUT2D eigenvalue weighted by Crippen LogP contribution is -2.40. The number of hydrogen-bond acceptors (Lipinski definition) is 6. The van der Waals surface area contributed by atoms with E-state index in [2.05, 4.69) is 10.3 Å². The van der Waals surface area contributed by atoms with E-state index in [9.17, 15) is 9.59 Å². The summed E-state index contributed by atoms with van der Waals surface area (Å²) in [7, 11) is 1.59. The largest absolute Gasteiger partial charge is 0.497 e. The van der Waals surface area contributed by atoms with Crippen molar-refractivity contribution in [2.75, 3.05) is 18.2 Å². The smallest absolute Gasteiger partial charge is 0.263 e. The highest BCUT2D eigenvalue weighted by Gasteiger charge is 2.42. The van der Waals surface area contributed by atoms with E-state index < -0.39 is 6.04 Å². The second kappa shape index (κ2) is 8.91. The number of anilines is 1. The van der Waals surface area contributed by atoms with Gasteiger partial charge >= 0.3 is 0 Å². The lowest BCUT2D eigenvalue weighted by molar-refractivity contribution is -0.124. The van der Waals surface area contributed by atoms with Gasteiger partial charge in [0.2, 0.25) is 5.91 Å². The van der Waals surface area contributed by atoms with E-state index in [1.807, 2.05) is 54.6 Å². The molecule has 8 heteroatoms. The number of thioether (sulfide) groups is 1. The van der Waals surface area contributed by atoms with E-state index in [-0.39, 0.29) is 17.6 Å². The summed E-state index contributed by atoms with van der Waals surface area (Å²) in [5.41, 5.74) is 3.02. The summed E-state index contributed by atoms with van der Waals surface area (Å²) >= 11 is 1.21. The van der Waals surface area contributed by atoms with Gasteiger partial charge in [0.25, 0.3) is 5.91 Å². The minimum atomic E-state index is -0.633. The molecule has 2 aliphatic heterocycles. The molecule has 0 saturated heterocycles. The molecule has 3 aromatic rings. The Hall–Kier alpha value is -3.91. The van der Waals surface area contributed by atoms with Gasteiger partial charge in [-0.15, -0.1) is 0 Å². The predicted octanol–water partition coefficient (Wildman–Crippen LogP) is 4.40. The third kappa shape index (κ3) is 4.12. The molecule has 0 aromatic heterocycles. The van der Waals surface area contributed by atoms with E-state index in [4.69, 9.17) is 9.73 Å². The molecule has 164 valence electrons. The monoisotopic (exact) mass is 456 g/mol. The van der Waals surface area contributed by atoms with Gasteiger partial charge in [-0.05, 0) is 42.0 Å². The van der Waals surface area contributed by atoms with Crippen molar-refractivity contribution in [2.45, 2.75) is 6.04 Å². The van der Waals surface area contributed by atoms with Crippen LogP contribution in [0.5, 0.6) is 5.75 Å². The van der Waals surface area contributed by atoms with Gasteiger partial charge in [-0.2, -0.15) is 0 Å². The molecule has 5 rings (SSSR count). The number of aliphatic imine (C=N–C) groups is 2. The summed E-state index contributed by atoms with van der Waals surface area (Å²) in [5.74, 6) is 1.01. The molecule has 1 atom stereocenters. The number of methoxy groups -OCH3 is 1. The van der Waals surface area contributed by atoms with Crippen molar-refractivity contribution >= 4 is 46.0 Å². The first kappa shape index (κ1) is 21.0. The van der Waals surface area contributed by atoms with E-state index in [1.54, 1.807) is 31.4 Å². The zero-order valence-electron chi connectivity index (χ0n) is 17.8. The van der Waals surface area contributed by atoms with Crippen LogP contribution in [0.4, 0.5) is 11.4 Å². The Morgan fingerprint density at radius 2 is 1.76 bits per heavy atom. The minimum Gasteiger partial charge on any atom is -0.497 e. The zero-order chi connectivity index (χ0) is 22.8. The number of carbonyl (C=O) groups is 2. The Morgan fingerprint density at radius 3 is 2.52 bits per heavy atom. The maximum Gasteiger partial charge on any atom is 0.263 e. The normalized spacial score (nSPS) is 16.5. The van der Waals surface area contributed by atoms with E-state index in [0.29, 0.717) is 22.4 Å². The van der Waals surface area contributed by atoms with Crippen LogP contribution in [0.15, 0.2) is 88.8 Å². The summed E-state index contributed by atoms with van der Waals surface area (Å²) in [6, 6.07) is 23.5. The summed E-state index contributed by atoms with van der Waals surface area (Å²) < 4.78 is 5.14. The van der Waals surface area contributed by atoms with Gasteiger partial charge in [0.15, 0.2) is 11.2 Å². The molecule has 0 spiro atoms. The Balaban J connectivity index is 1.37. The van der Waals surface area contributed by atoms with Gasteiger partial charge < -0.3 is 10.1 Å². The van der Waals surface area contributed by atoms with E-state index in [0.717, 1.165) is 16.8 Å². The number of hydrogen-bond donors (Lipinski definition) is 1. The van der Waals surface area contributed by atoms with E-state index in [1.165, 1.54) is 16.7 Å². The Kier molecular flexibility index (Phi) is 5.66. The molecule has 2 amide bonds. The zero-order valence-corrected chi connectivity index (χ0v) is 18.6. The molecule has 1 N–H and O–H groups in total. The number of benzene rings is 3. The van der Waals surface area contributed by atoms with Crippen LogP contribution >= 0.6 is 11.8 Å². The average Bonchev–Trinajstić information content (AvgIpc) is 3.21. The quantitative estimate of drug-likeness (QED) is 0.617. The second-order valence-corrected chi connectivity index (χ2v) is 8.36. The number of amidine groups is 2. The molecule has 2 heterocycles. The van der Waals surface area contributed by atoms with Crippen LogP contribution < -0.4 is 10.1 Å². The van der Waals surface area contributed by atoms with Crippen molar-refractivity contribution in [1.82, 2.24) is 4.90 Å². The molecule has 0 radical (unpaired) electrons. The molecule has 0 unspecified atom stereocenters. The Labute approximate surface area is 195 Å². The molecular weight excluding hydrogens is 436 g/mol. The maximum atomic E-state index is 13.4. The van der Waals surface area contributed by atoms with Crippen molar-refractivity contribution in [2.24, 2.45) is 9.98 Å². The van der Waals surface area contributed by atoms with Crippen molar-refractivity contribution in [3.63, 3.8) is 0 Å². The van der Waals surface area contributed by atoms with Crippen LogP contribution in [0.2, 0.25) is 0 Å². The van der Waals surface area contributed by atoms with Crippen LogP contribution in [0.1, 0.15) is 17.2 Å². The summed E-state index contributed by atoms with van der Waals surface area (Å²) in [6.45, 7) is 0. The molecule has 0 bridgehead atoms. The molecule has 2 aliphatic rings. The topological polar surface area (TPSA) is 83.4 Å². The fraction of sp³-hybridized carbons (Fsp3) is 0.120. The van der Waals surface area contributed by atoms with Crippen molar-refractivity contribution in [3.8, 4) is 5.75 Å². The average molecular weight is 457 g/mol. The Morgan fingerprint density at radius 1 is 1.03 bits per heavy atom. The number of nitrogens with zero attached hydrogens (tertiary/aromatic N) is 3. The summed E-state index contributed by atoms with van der Waals surface area (Å²) in [6.07, 6.45) is 0. The first-order valence-corrected chi connectivity index (χ1v) is 11.3. The van der Waals surface area contributed by atoms with Crippen LogP contribution in [0.25, 0.3) is 0 Å². The van der Waals surface area contributed by atoms with Crippen LogP contribution in [-0.4, -0.2) is 40.6 Å². The first-order chi connectivity index (χ1) is 16.1. The van der Waals surface area contributed by atoms with Crippen molar-refractivity contribution < 1.29 is 14.3 Å². The minimum absolute atomic E-state index is 0.0973. The van der Waals surface area contributed by atoms with Gasteiger partial charge in [-0.1, -0.05) is 54.2 Å². The number of carbonyl (C=O) groups excluding carboxylic acids is 2.